The highest BCUT2D eigenvalue weighted by Gasteiger charge is 2.26. The molecule has 0 spiro atoms. The minimum absolute atomic E-state index is 0.0631. The molecule has 7 nitrogen and oxygen atoms in total. The topological polar surface area (TPSA) is 75.5 Å². The van der Waals surface area contributed by atoms with Gasteiger partial charge in [-0.2, -0.15) is 4.98 Å². The normalized spacial score (nSPS) is 20.2. The van der Waals surface area contributed by atoms with Crippen LogP contribution in [0.4, 0.5) is 8.78 Å². The molecule has 0 amide bonds. The first-order valence-corrected chi connectivity index (χ1v) is 10.8. The summed E-state index contributed by atoms with van der Waals surface area (Å²) >= 11 is 6.30. The third kappa shape index (κ3) is 6.26. The maximum atomic E-state index is 12.4. The SMILES string of the molecule is CC(=O)C[C@@H](C)CC[C@@H]1CC[C@@H](Oc2nc3cnc(OCC(F)F)c(Cl)c3n2C)CO1. The van der Waals surface area contributed by atoms with Crippen LogP contribution >= 0.6 is 11.6 Å². The van der Waals surface area contributed by atoms with Crippen molar-refractivity contribution < 1.29 is 27.8 Å². The number of imidazole rings is 1. The monoisotopic (exact) mass is 459 g/mol. The average molecular weight is 460 g/mol. The lowest BCUT2D eigenvalue weighted by Crippen LogP contribution is -2.34. The van der Waals surface area contributed by atoms with Crippen LogP contribution in [0.25, 0.3) is 11.0 Å². The number of Topliss-reactive ketones (excluding diaryl/α,β-unsaturated/α-hetero) is 1. The van der Waals surface area contributed by atoms with E-state index in [1.807, 2.05) is 0 Å². The van der Waals surface area contributed by atoms with Crippen LogP contribution in [-0.2, 0) is 16.6 Å². The van der Waals surface area contributed by atoms with Crippen LogP contribution < -0.4 is 9.47 Å². The molecule has 1 aliphatic rings. The number of pyridine rings is 1. The third-order valence-electron chi connectivity index (χ3n) is 5.34. The number of halogens is 3. The summed E-state index contributed by atoms with van der Waals surface area (Å²) in [5, 5.41) is 0.114. The van der Waals surface area contributed by atoms with Crippen molar-refractivity contribution in [1.29, 1.82) is 0 Å². The van der Waals surface area contributed by atoms with Gasteiger partial charge in [0.1, 0.15) is 22.4 Å². The fourth-order valence-corrected chi connectivity index (χ4v) is 4.12. The number of aryl methyl sites for hydroxylation is 1. The zero-order valence-electron chi connectivity index (χ0n) is 17.9. The molecule has 0 saturated carbocycles. The molecule has 31 heavy (non-hydrogen) atoms. The van der Waals surface area contributed by atoms with E-state index < -0.39 is 13.0 Å². The van der Waals surface area contributed by atoms with Crippen molar-refractivity contribution in [3.8, 4) is 11.9 Å². The lowest BCUT2D eigenvalue weighted by molar-refractivity contribution is -0.117. The first kappa shape index (κ1) is 23.7. The van der Waals surface area contributed by atoms with Crippen molar-refractivity contribution in [1.82, 2.24) is 14.5 Å². The molecule has 0 aromatic carbocycles. The Balaban J connectivity index is 1.57. The molecule has 1 aliphatic heterocycles. The first-order chi connectivity index (χ1) is 14.7. The lowest BCUT2D eigenvalue weighted by atomic mass is 9.95. The second-order valence-electron chi connectivity index (χ2n) is 8.13. The summed E-state index contributed by atoms with van der Waals surface area (Å²) in [5.74, 6) is 0.519. The van der Waals surface area contributed by atoms with Crippen molar-refractivity contribution in [2.75, 3.05) is 13.2 Å². The van der Waals surface area contributed by atoms with Gasteiger partial charge in [0.2, 0.25) is 5.88 Å². The van der Waals surface area contributed by atoms with Crippen LogP contribution in [0, 0.1) is 5.92 Å². The largest absolute Gasteiger partial charge is 0.470 e. The van der Waals surface area contributed by atoms with Crippen molar-refractivity contribution in [3.05, 3.63) is 11.2 Å². The number of nitrogens with zero attached hydrogens (tertiary/aromatic N) is 3. The van der Waals surface area contributed by atoms with Gasteiger partial charge in [-0.15, -0.1) is 0 Å². The van der Waals surface area contributed by atoms with E-state index in [0.29, 0.717) is 36.0 Å². The number of aromatic nitrogens is 3. The Labute approximate surface area is 185 Å². The molecular weight excluding hydrogens is 432 g/mol. The molecular formula is C21H28ClF2N3O4. The summed E-state index contributed by atoms with van der Waals surface area (Å²) in [6.07, 6.45) is 3.01. The van der Waals surface area contributed by atoms with Gasteiger partial charge >= 0.3 is 0 Å². The molecule has 1 saturated heterocycles. The van der Waals surface area contributed by atoms with E-state index in [0.717, 1.165) is 25.7 Å². The predicted octanol–water partition coefficient (Wildman–Crippen LogP) is 4.59. The molecule has 2 aromatic heterocycles. The highest BCUT2D eigenvalue weighted by atomic mass is 35.5. The van der Waals surface area contributed by atoms with Crippen LogP contribution in [0.2, 0.25) is 5.02 Å². The molecule has 0 bridgehead atoms. The number of hydrogen-bond acceptors (Lipinski definition) is 6. The first-order valence-electron chi connectivity index (χ1n) is 10.4. The second kappa shape index (κ2) is 10.5. The number of fused-ring (bicyclic) bond motifs is 1. The van der Waals surface area contributed by atoms with Crippen LogP contribution in [-0.4, -0.2) is 52.2 Å². The van der Waals surface area contributed by atoms with E-state index in [4.69, 9.17) is 25.8 Å². The van der Waals surface area contributed by atoms with E-state index >= 15 is 0 Å². The summed E-state index contributed by atoms with van der Waals surface area (Å²) < 4.78 is 43.4. The van der Waals surface area contributed by atoms with Crippen molar-refractivity contribution >= 4 is 28.4 Å². The van der Waals surface area contributed by atoms with E-state index in [-0.39, 0.29) is 28.9 Å². The molecule has 2 aromatic rings. The molecule has 0 unspecified atom stereocenters. The molecule has 172 valence electrons. The third-order valence-corrected chi connectivity index (χ3v) is 5.69. The van der Waals surface area contributed by atoms with Gasteiger partial charge in [-0.3, -0.25) is 4.57 Å². The molecule has 0 aliphatic carbocycles. The van der Waals surface area contributed by atoms with Gasteiger partial charge in [0.05, 0.1) is 24.4 Å². The Morgan fingerprint density at radius 1 is 1.42 bits per heavy atom. The van der Waals surface area contributed by atoms with Gasteiger partial charge in [-0.25, -0.2) is 13.8 Å². The van der Waals surface area contributed by atoms with E-state index in [2.05, 4.69) is 16.9 Å². The Bertz CT molecular complexity index is 900. The fourth-order valence-electron chi connectivity index (χ4n) is 3.79. The van der Waals surface area contributed by atoms with Gasteiger partial charge in [-0.05, 0) is 38.5 Å². The quantitative estimate of drug-likeness (QED) is 0.517. The zero-order valence-corrected chi connectivity index (χ0v) is 18.7. The minimum atomic E-state index is -2.62. The number of carbonyl (C=O) groups excluding carboxylic acids is 1. The smallest absolute Gasteiger partial charge is 0.297 e. The molecule has 3 rings (SSSR count). The summed E-state index contributed by atoms with van der Waals surface area (Å²) in [7, 11) is 1.73. The Morgan fingerprint density at radius 3 is 2.84 bits per heavy atom. The molecule has 10 heteroatoms. The van der Waals surface area contributed by atoms with Crippen LogP contribution in [0.3, 0.4) is 0 Å². The van der Waals surface area contributed by atoms with Crippen LogP contribution in [0.1, 0.15) is 46.0 Å². The van der Waals surface area contributed by atoms with Crippen molar-refractivity contribution in [2.45, 2.75) is 64.6 Å². The zero-order chi connectivity index (χ0) is 22.5. The van der Waals surface area contributed by atoms with E-state index in [1.54, 1.807) is 18.5 Å². The van der Waals surface area contributed by atoms with Gasteiger partial charge in [-0.1, -0.05) is 18.5 Å². The summed E-state index contributed by atoms with van der Waals surface area (Å²) in [4.78, 5) is 19.6. The average Bonchev–Trinajstić information content (AvgIpc) is 3.02. The Hall–Kier alpha value is -2.00. The van der Waals surface area contributed by atoms with Crippen LogP contribution in [0.5, 0.6) is 11.9 Å². The number of alkyl halides is 2. The maximum Gasteiger partial charge on any atom is 0.297 e. The van der Waals surface area contributed by atoms with Gasteiger partial charge in [0.25, 0.3) is 12.4 Å². The highest BCUT2D eigenvalue weighted by molar-refractivity contribution is 6.36. The molecule has 1 fully saturated rings. The summed E-state index contributed by atoms with van der Waals surface area (Å²) in [6.45, 7) is 3.38. The predicted molar refractivity (Wildman–Crippen MR) is 112 cm³/mol. The van der Waals surface area contributed by atoms with Gasteiger partial charge in [0.15, 0.2) is 6.61 Å². The van der Waals surface area contributed by atoms with Crippen molar-refractivity contribution in [2.24, 2.45) is 13.0 Å². The number of carbonyl (C=O) groups is 1. The standard InChI is InChI=1S/C21H28ClF2N3O4/c1-12(8-13(2)28)4-5-14-6-7-15(10-29-14)31-21-26-16-9-25-20(30-11-17(23)24)18(22)19(16)27(21)3/h9,12,14-15,17H,4-8,10-11H2,1-3H3/t12-,14+,15+/m0/s1. The fraction of sp³-hybridized carbons (Fsp3) is 0.667. The molecule has 3 heterocycles. The second-order valence-corrected chi connectivity index (χ2v) is 8.51. The van der Waals surface area contributed by atoms with Gasteiger partial charge in [0, 0.05) is 13.5 Å². The van der Waals surface area contributed by atoms with Gasteiger partial charge < -0.3 is 19.0 Å². The van der Waals surface area contributed by atoms with E-state index in [1.165, 1.54) is 6.20 Å². The number of hydrogen-bond donors (Lipinski definition) is 0. The lowest BCUT2D eigenvalue weighted by Gasteiger charge is -2.29. The summed E-state index contributed by atoms with van der Waals surface area (Å²) in [6, 6.07) is 0.354. The van der Waals surface area contributed by atoms with Crippen LogP contribution in [0.15, 0.2) is 6.20 Å². The molecule has 3 atom stereocenters. The molecule has 0 radical (unpaired) electrons. The summed E-state index contributed by atoms with van der Waals surface area (Å²) in [5.41, 5.74) is 0.992. The highest BCUT2D eigenvalue weighted by Crippen LogP contribution is 2.33. The Kier molecular flexibility index (Phi) is 8.05. The maximum absolute atomic E-state index is 12.4. The minimum Gasteiger partial charge on any atom is -0.470 e. The van der Waals surface area contributed by atoms with E-state index in [9.17, 15) is 13.6 Å². The molecule has 0 N–H and O–H groups in total. The number of rotatable bonds is 10. The number of ether oxygens (including phenoxy) is 3. The Morgan fingerprint density at radius 2 is 2.19 bits per heavy atom. The number of ketones is 1. The van der Waals surface area contributed by atoms with Crippen molar-refractivity contribution in [3.63, 3.8) is 0 Å².